The number of hydrogen-bond acceptors (Lipinski definition) is 11. The molecule has 0 radical (unpaired) electrons. The number of piperidine rings is 1. The molecule has 3 aromatic rings. The van der Waals surface area contributed by atoms with E-state index in [2.05, 4.69) is 30.7 Å². The number of methoxy groups -OCH3 is 2. The molecule has 0 amide bonds. The highest BCUT2D eigenvalue weighted by Crippen LogP contribution is 2.33. The molecule has 40 heavy (non-hydrogen) atoms. The average Bonchev–Trinajstić information content (AvgIpc) is 3.39. The SMILES string of the molecule is COC(=O)CCCS(=O)(=O)N1CC=C(c2ccc3nc(OC4CCN(c5ncc(OC)cn5)CC4)sc3c2)CC1. The van der Waals surface area contributed by atoms with Crippen molar-refractivity contribution in [3.8, 4) is 10.9 Å². The number of carbonyl (C=O) groups is 1. The number of carbonyl (C=O) groups excluding carboxylic acids is 1. The predicted molar refractivity (Wildman–Crippen MR) is 153 cm³/mol. The highest BCUT2D eigenvalue weighted by molar-refractivity contribution is 7.89. The zero-order chi connectivity index (χ0) is 28.1. The number of fused-ring (bicyclic) bond motifs is 1. The zero-order valence-corrected chi connectivity index (χ0v) is 24.2. The Morgan fingerprint density at radius 1 is 1.12 bits per heavy atom. The first-order valence-corrected chi connectivity index (χ1v) is 15.7. The predicted octanol–water partition coefficient (Wildman–Crippen LogP) is 3.51. The summed E-state index contributed by atoms with van der Waals surface area (Å²) in [6.07, 6.45) is 8.10. The zero-order valence-electron chi connectivity index (χ0n) is 22.6. The van der Waals surface area contributed by atoms with Gasteiger partial charge in [-0.15, -0.1) is 0 Å². The summed E-state index contributed by atoms with van der Waals surface area (Å²) in [7, 11) is -0.521. The standard InChI is InChI=1S/C27H33N5O6S2/c1-36-22-17-28-26(29-18-22)31-11-9-21(10-12-31)38-27-30-23-6-5-20(16-24(23)39-27)19-7-13-32(14-8-19)40(34,35)15-3-4-25(33)37-2/h5-7,16-18,21H,3-4,8-15H2,1-2H3. The van der Waals surface area contributed by atoms with Gasteiger partial charge in [-0.2, -0.15) is 4.31 Å². The van der Waals surface area contributed by atoms with Crippen LogP contribution in [-0.4, -0.2) is 85.9 Å². The van der Waals surface area contributed by atoms with Crippen molar-refractivity contribution in [2.24, 2.45) is 0 Å². The summed E-state index contributed by atoms with van der Waals surface area (Å²) in [4.78, 5) is 26.9. The Morgan fingerprint density at radius 2 is 1.90 bits per heavy atom. The van der Waals surface area contributed by atoms with Crippen LogP contribution in [-0.2, 0) is 19.6 Å². The maximum absolute atomic E-state index is 12.7. The molecule has 11 nitrogen and oxygen atoms in total. The largest absolute Gasteiger partial charge is 0.494 e. The first-order chi connectivity index (χ1) is 19.3. The van der Waals surface area contributed by atoms with E-state index in [9.17, 15) is 13.2 Å². The van der Waals surface area contributed by atoms with Gasteiger partial charge in [-0.3, -0.25) is 4.79 Å². The fraction of sp³-hybridized carbons (Fsp3) is 0.481. The molecule has 2 aliphatic heterocycles. The molecule has 1 aromatic carbocycles. The summed E-state index contributed by atoms with van der Waals surface area (Å²) in [5.74, 6) is 0.880. The smallest absolute Gasteiger partial charge is 0.305 e. The monoisotopic (exact) mass is 587 g/mol. The van der Waals surface area contributed by atoms with Crippen LogP contribution in [0.4, 0.5) is 5.95 Å². The molecule has 0 aliphatic carbocycles. The first kappa shape index (κ1) is 28.2. The molecular weight excluding hydrogens is 554 g/mol. The van der Waals surface area contributed by atoms with Gasteiger partial charge in [0.2, 0.25) is 16.0 Å². The molecule has 1 fully saturated rings. The van der Waals surface area contributed by atoms with Crippen LogP contribution in [0.3, 0.4) is 0 Å². The molecule has 2 aromatic heterocycles. The molecule has 0 atom stereocenters. The third-order valence-corrected chi connectivity index (χ3v) is 9.99. The fourth-order valence-electron chi connectivity index (χ4n) is 4.84. The maximum atomic E-state index is 12.7. The molecular formula is C27H33N5O6S2. The summed E-state index contributed by atoms with van der Waals surface area (Å²) in [6, 6.07) is 6.13. The van der Waals surface area contributed by atoms with Crippen molar-refractivity contribution >= 4 is 49.1 Å². The second kappa shape index (κ2) is 12.5. The van der Waals surface area contributed by atoms with E-state index in [1.807, 2.05) is 18.2 Å². The van der Waals surface area contributed by atoms with Crippen LogP contribution in [0.25, 0.3) is 15.8 Å². The van der Waals surface area contributed by atoms with Crippen molar-refractivity contribution in [2.75, 3.05) is 51.1 Å². The van der Waals surface area contributed by atoms with Crippen LogP contribution < -0.4 is 14.4 Å². The van der Waals surface area contributed by atoms with E-state index in [0.717, 1.165) is 47.3 Å². The molecule has 5 rings (SSSR count). The minimum Gasteiger partial charge on any atom is -0.494 e. The number of rotatable bonds is 10. The van der Waals surface area contributed by atoms with Crippen molar-refractivity contribution < 1.29 is 27.4 Å². The van der Waals surface area contributed by atoms with E-state index in [1.54, 1.807) is 19.5 Å². The molecule has 214 valence electrons. The quantitative estimate of drug-likeness (QED) is 0.326. The number of benzene rings is 1. The van der Waals surface area contributed by atoms with Crippen LogP contribution >= 0.6 is 11.3 Å². The fourth-order valence-corrected chi connectivity index (χ4v) is 7.20. The summed E-state index contributed by atoms with van der Waals surface area (Å²) < 4.78 is 43.8. The van der Waals surface area contributed by atoms with Gasteiger partial charge in [0.1, 0.15) is 6.10 Å². The number of hydrogen-bond donors (Lipinski definition) is 0. The van der Waals surface area contributed by atoms with E-state index in [-0.39, 0.29) is 24.7 Å². The van der Waals surface area contributed by atoms with Gasteiger partial charge in [0, 0.05) is 45.4 Å². The topological polar surface area (TPSA) is 124 Å². The molecule has 0 unspecified atom stereocenters. The summed E-state index contributed by atoms with van der Waals surface area (Å²) in [5, 5.41) is 0.660. The number of anilines is 1. The van der Waals surface area contributed by atoms with Crippen LogP contribution in [0.1, 0.15) is 37.7 Å². The normalized spacial score (nSPS) is 17.1. The van der Waals surface area contributed by atoms with Crippen LogP contribution in [0.2, 0.25) is 0 Å². The van der Waals surface area contributed by atoms with Crippen molar-refractivity contribution in [1.82, 2.24) is 19.3 Å². The lowest BCUT2D eigenvalue weighted by Crippen LogP contribution is -2.39. The Kier molecular flexibility index (Phi) is 8.81. The van der Waals surface area contributed by atoms with E-state index in [1.165, 1.54) is 22.8 Å². The molecule has 0 bridgehead atoms. The molecule has 4 heterocycles. The Hall–Kier alpha value is -3.29. The van der Waals surface area contributed by atoms with Crippen LogP contribution in [0.15, 0.2) is 36.7 Å². The number of aromatic nitrogens is 3. The summed E-state index contributed by atoms with van der Waals surface area (Å²) in [6.45, 7) is 2.35. The van der Waals surface area contributed by atoms with Gasteiger partial charge < -0.3 is 19.1 Å². The van der Waals surface area contributed by atoms with Gasteiger partial charge in [0.15, 0.2) is 5.75 Å². The number of ether oxygens (including phenoxy) is 3. The lowest BCUT2D eigenvalue weighted by molar-refractivity contribution is -0.140. The van der Waals surface area contributed by atoms with Crippen molar-refractivity contribution in [1.29, 1.82) is 0 Å². The van der Waals surface area contributed by atoms with Crippen molar-refractivity contribution in [3.05, 3.63) is 42.2 Å². The van der Waals surface area contributed by atoms with Gasteiger partial charge in [0.05, 0.1) is 42.6 Å². The van der Waals surface area contributed by atoms with E-state index < -0.39 is 16.0 Å². The second-order valence-electron chi connectivity index (χ2n) is 9.72. The van der Waals surface area contributed by atoms with Gasteiger partial charge >= 0.3 is 5.97 Å². The Labute approximate surface area is 237 Å². The lowest BCUT2D eigenvalue weighted by Gasteiger charge is -2.31. The minimum absolute atomic E-state index is 0.0604. The minimum atomic E-state index is -3.42. The van der Waals surface area contributed by atoms with E-state index >= 15 is 0 Å². The second-order valence-corrected chi connectivity index (χ2v) is 12.8. The summed E-state index contributed by atoms with van der Waals surface area (Å²) in [5.41, 5.74) is 3.07. The van der Waals surface area contributed by atoms with Gasteiger partial charge in [-0.25, -0.2) is 23.4 Å². The molecule has 0 spiro atoms. The van der Waals surface area contributed by atoms with Crippen LogP contribution in [0.5, 0.6) is 10.9 Å². The van der Waals surface area contributed by atoms with Crippen LogP contribution in [0, 0.1) is 0 Å². The number of esters is 1. The molecule has 0 N–H and O–H groups in total. The highest BCUT2D eigenvalue weighted by Gasteiger charge is 2.26. The van der Waals surface area contributed by atoms with Gasteiger partial charge in [0.25, 0.3) is 5.19 Å². The Morgan fingerprint density at radius 3 is 2.58 bits per heavy atom. The number of nitrogens with zero attached hydrogens (tertiary/aromatic N) is 5. The number of sulfonamides is 1. The first-order valence-electron chi connectivity index (χ1n) is 13.3. The number of thiazole rings is 1. The third kappa shape index (κ3) is 6.70. The Balaban J connectivity index is 1.16. The lowest BCUT2D eigenvalue weighted by atomic mass is 10.0. The van der Waals surface area contributed by atoms with Gasteiger partial charge in [-0.1, -0.05) is 23.5 Å². The molecule has 1 saturated heterocycles. The van der Waals surface area contributed by atoms with Crippen molar-refractivity contribution in [3.63, 3.8) is 0 Å². The Bertz CT molecular complexity index is 1470. The molecule has 0 saturated carbocycles. The van der Waals surface area contributed by atoms with E-state index in [4.69, 9.17) is 9.47 Å². The van der Waals surface area contributed by atoms with Crippen molar-refractivity contribution in [2.45, 2.75) is 38.2 Å². The molecule has 13 heteroatoms. The average molecular weight is 588 g/mol. The highest BCUT2D eigenvalue weighted by atomic mass is 32.2. The summed E-state index contributed by atoms with van der Waals surface area (Å²) >= 11 is 1.53. The van der Waals surface area contributed by atoms with E-state index in [0.29, 0.717) is 36.4 Å². The maximum Gasteiger partial charge on any atom is 0.305 e. The third-order valence-electron chi connectivity index (χ3n) is 7.16. The molecule has 2 aliphatic rings. The van der Waals surface area contributed by atoms with Gasteiger partial charge in [-0.05, 0) is 36.1 Å².